The van der Waals surface area contributed by atoms with Crippen molar-refractivity contribution in [3.63, 3.8) is 0 Å². The monoisotopic (exact) mass is 570 g/mol. The second kappa shape index (κ2) is 10.5. The fraction of sp³-hybridized carbons (Fsp3) is 0. The first-order valence-electron chi connectivity index (χ1n) is 10.6. The molecule has 0 radical (unpaired) electrons. The number of nitrogens with one attached hydrogen (secondary N) is 2. The van der Waals surface area contributed by atoms with E-state index in [1.807, 2.05) is 0 Å². The number of hydrogen-bond donors (Lipinski definition) is 2. The molecular formula is C24H10F8N4O4. The van der Waals surface area contributed by atoms with E-state index in [0.29, 0.717) is 11.1 Å². The molecule has 0 fully saturated rings. The molecule has 4 aromatic carbocycles. The summed E-state index contributed by atoms with van der Waals surface area (Å²) in [6.45, 7) is 0. The van der Waals surface area contributed by atoms with Crippen molar-refractivity contribution in [3.05, 3.63) is 115 Å². The SMILES string of the molecule is O=[N+]([O-])c1c(F)c(F)c(Nc2ccc(-c3ccc(Nc4c(F)c(F)c([N+](=O)[O-])c(F)c4F)cc3)cc2)c(F)c1F. The highest BCUT2D eigenvalue weighted by Crippen LogP contribution is 2.36. The van der Waals surface area contributed by atoms with Crippen LogP contribution >= 0.6 is 0 Å². The number of rotatable bonds is 7. The van der Waals surface area contributed by atoms with Gasteiger partial charge in [0, 0.05) is 11.4 Å². The molecule has 16 heteroatoms. The fourth-order valence-corrected chi connectivity index (χ4v) is 3.56. The number of benzene rings is 4. The Labute approximate surface area is 216 Å². The van der Waals surface area contributed by atoms with Gasteiger partial charge in [0.25, 0.3) is 0 Å². The number of hydrogen-bond acceptors (Lipinski definition) is 6. The van der Waals surface area contributed by atoms with Crippen LogP contribution in [-0.4, -0.2) is 9.85 Å². The lowest BCUT2D eigenvalue weighted by molar-refractivity contribution is -0.390. The predicted octanol–water partition coefficient (Wildman–Crippen LogP) is 7.77. The third-order valence-electron chi connectivity index (χ3n) is 5.49. The normalized spacial score (nSPS) is 10.9. The van der Waals surface area contributed by atoms with Gasteiger partial charge in [-0.05, 0) is 35.4 Å². The Kier molecular flexibility index (Phi) is 7.26. The summed E-state index contributed by atoms with van der Waals surface area (Å²) >= 11 is 0. The van der Waals surface area contributed by atoms with Gasteiger partial charge in [-0.2, -0.15) is 17.6 Å². The zero-order chi connectivity index (χ0) is 29.5. The lowest BCUT2D eigenvalue weighted by Gasteiger charge is -2.12. The van der Waals surface area contributed by atoms with Crippen molar-refractivity contribution in [3.8, 4) is 11.1 Å². The molecule has 8 nitrogen and oxygen atoms in total. The first-order chi connectivity index (χ1) is 18.8. The quantitative estimate of drug-likeness (QED) is 0.102. The van der Waals surface area contributed by atoms with Crippen LogP contribution in [0.2, 0.25) is 0 Å². The molecule has 0 aromatic heterocycles. The topological polar surface area (TPSA) is 110 Å². The third kappa shape index (κ3) is 4.81. The van der Waals surface area contributed by atoms with Crippen LogP contribution in [0, 0.1) is 66.8 Å². The number of nitrogens with zero attached hydrogens (tertiary/aromatic N) is 2. The Morgan fingerprint density at radius 3 is 0.925 bits per heavy atom. The lowest BCUT2D eigenvalue weighted by Crippen LogP contribution is -2.08. The molecular weight excluding hydrogens is 560 g/mol. The summed E-state index contributed by atoms with van der Waals surface area (Å²) in [6, 6.07) is 10.5. The van der Waals surface area contributed by atoms with Gasteiger partial charge in [0.15, 0.2) is 23.3 Å². The minimum absolute atomic E-state index is 0.0688. The van der Waals surface area contributed by atoms with E-state index in [1.165, 1.54) is 48.5 Å². The van der Waals surface area contributed by atoms with Crippen LogP contribution in [0.25, 0.3) is 11.1 Å². The summed E-state index contributed by atoms with van der Waals surface area (Å²) in [5.74, 6) is -16.9. The number of nitro benzene ring substituents is 2. The van der Waals surface area contributed by atoms with E-state index >= 15 is 0 Å². The second-order valence-electron chi connectivity index (χ2n) is 7.88. The van der Waals surface area contributed by atoms with Gasteiger partial charge in [-0.15, -0.1) is 0 Å². The van der Waals surface area contributed by atoms with E-state index in [-0.39, 0.29) is 11.4 Å². The predicted molar refractivity (Wildman–Crippen MR) is 124 cm³/mol. The van der Waals surface area contributed by atoms with E-state index in [9.17, 15) is 55.4 Å². The van der Waals surface area contributed by atoms with Crippen molar-refractivity contribution in [2.24, 2.45) is 0 Å². The molecule has 0 saturated heterocycles. The fourth-order valence-electron chi connectivity index (χ4n) is 3.56. The van der Waals surface area contributed by atoms with Crippen LogP contribution in [0.5, 0.6) is 0 Å². The van der Waals surface area contributed by atoms with Crippen LogP contribution in [0.3, 0.4) is 0 Å². The molecule has 0 aliphatic rings. The zero-order valence-electron chi connectivity index (χ0n) is 19.2. The Balaban J connectivity index is 1.56. The maximum atomic E-state index is 14.2. The Morgan fingerprint density at radius 2 is 0.700 bits per heavy atom. The highest BCUT2D eigenvalue weighted by Gasteiger charge is 2.34. The molecule has 0 aliphatic carbocycles. The van der Waals surface area contributed by atoms with Crippen molar-refractivity contribution in [2.45, 2.75) is 0 Å². The molecule has 0 atom stereocenters. The van der Waals surface area contributed by atoms with E-state index < -0.39 is 79.1 Å². The van der Waals surface area contributed by atoms with Gasteiger partial charge < -0.3 is 10.6 Å². The van der Waals surface area contributed by atoms with Crippen LogP contribution in [0.15, 0.2) is 48.5 Å². The molecule has 206 valence electrons. The van der Waals surface area contributed by atoms with E-state index in [0.717, 1.165) is 0 Å². The molecule has 0 bridgehead atoms. The van der Waals surface area contributed by atoms with Gasteiger partial charge in [0.1, 0.15) is 11.4 Å². The van der Waals surface area contributed by atoms with Crippen molar-refractivity contribution < 1.29 is 45.0 Å². The molecule has 0 aliphatic heterocycles. The highest BCUT2D eigenvalue weighted by atomic mass is 19.2. The first kappa shape index (κ1) is 27.7. The number of anilines is 4. The minimum atomic E-state index is -2.20. The maximum absolute atomic E-state index is 14.2. The Hall–Kier alpha value is -5.28. The molecule has 4 rings (SSSR count). The van der Waals surface area contributed by atoms with Crippen molar-refractivity contribution in [1.29, 1.82) is 0 Å². The summed E-state index contributed by atoms with van der Waals surface area (Å²) in [5.41, 5.74) is -5.81. The van der Waals surface area contributed by atoms with E-state index in [2.05, 4.69) is 10.6 Å². The third-order valence-corrected chi connectivity index (χ3v) is 5.49. The summed E-state index contributed by atoms with van der Waals surface area (Å²) < 4.78 is 112. The zero-order valence-corrected chi connectivity index (χ0v) is 19.2. The number of nitro groups is 2. The average Bonchev–Trinajstić information content (AvgIpc) is 2.92. The highest BCUT2D eigenvalue weighted by molar-refractivity contribution is 5.72. The van der Waals surface area contributed by atoms with E-state index in [1.54, 1.807) is 0 Å². The molecule has 0 saturated carbocycles. The summed E-state index contributed by atoms with van der Waals surface area (Å²) in [6.07, 6.45) is 0. The number of halogens is 8. The van der Waals surface area contributed by atoms with Crippen LogP contribution < -0.4 is 10.6 Å². The second-order valence-corrected chi connectivity index (χ2v) is 7.88. The molecule has 2 N–H and O–H groups in total. The van der Waals surface area contributed by atoms with Gasteiger partial charge in [-0.3, -0.25) is 20.2 Å². The summed E-state index contributed by atoms with van der Waals surface area (Å²) in [4.78, 5) is 18.1. The Bertz CT molecular complexity index is 1500. The van der Waals surface area contributed by atoms with Crippen molar-refractivity contribution >= 4 is 34.1 Å². The molecule has 0 amide bonds. The van der Waals surface area contributed by atoms with Crippen LogP contribution in [-0.2, 0) is 0 Å². The lowest BCUT2D eigenvalue weighted by atomic mass is 10.0. The molecule has 4 aromatic rings. The molecule has 40 heavy (non-hydrogen) atoms. The summed E-state index contributed by atoms with van der Waals surface area (Å²) in [7, 11) is 0. The smallest absolute Gasteiger partial charge is 0.346 e. The molecule has 0 unspecified atom stereocenters. The van der Waals surface area contributed by atoms with Gasteiger partial charge in [-0.1, -0.05) is 24.3 Å². The summed E-state index contributed by atoms with van der Waals surface area (Å²) in [5, 5.41) is 25.5. The minimum Gasteiger partial charge on any atom is -0.351 e. The van der Waals surface area contributed by atoms with E-state index in [4.69, 9.17) is 0 Å². The largest absolute Gasteiger partial charge is 0.351 e. The molecule has 0 heterocycles. The average molecular weight is 570 g/mol. The van der Waals surface area contributed by atoms with Crippen LogP contribution in [0.1, 0.15) is 0 Å². The first-order valence-corrected chi connectivity index (χ1v) is 10.6. The van der Waals surface area contributed by atoms with Gasteiger partial charge in [0.05, 0.1) is 9.85 Å². The van der Waals surface area contributed by atoms with Gasteiger partial charge in [0.2, 0.25) is 23.3 Å². The van der Waals surface area contributed by atoms with Gasteiger partial charge >= 0.3 is 11.4 Å². The van der Waals surface area contributed by atoms with Gasteiger partial charge in [-0.25, -0.2) is 17.6 Å². The van der Waals surface area contributed by atoms with Crippen molar-refractivity contribution in [2.75, 3.05) is 10.6 Å². The van der Waals surface area contributed by atoms with Crippen molar-refractivity contribution in [1.82, 2.24) is 0 Å². The maximum Gasteiger partial charge on any atom is 0.346 e. The molecule has 0 spiro atoms. The van der Waals surface area contributed by atoms with Crippen LogP contribution in [0.4, 0.5) is 69.2 Å². The standard InChI is InChI=1S/C24H10F8N4O4/c25-13-17(29)23(35(37)38)18(30)14(26)21(13)33-11-5-1-9(2-6-11)10-3-7-12(8-4-10)34-22-15(27)19(31)24(36(39)40)20(32)16(22)28/h1-8,33-34H. The Morgan fingerprint density at radius 1 is 0.450 bits per heavy atom.